The minimum Gasteiger partial charge on any atom is -0.316 e. The van der Waals surface area contributed by atoms with Gasteiger partial charge in [0.15, 0.2) is 5.65 Å². The third-order valence-corrected chi connectivity index (χ3v) is 6.27. The highest BCUT2D eigenvalue weighted by Crippen LogP contribution is 2.29. The summed E-state index contributed by atoms with van der Waals surface area (Å²) in [5, 5.41) is 4.22. The highest BCUT2D eigenvalue weighted by Gasteiger charge is 2.22. The fraction of sp³-hybridized carbons (Fsp3) is 0.647. The molecule has 0 spiro atoms. The molecular weight excluding hydrogens is 292 g/mol. The smallest absolute Gasteiger partial charge is 0.159 e. The van der Waals surface area contributed by atoms with E-state index >= 15 is 0 Å². The van der Waals surface area contributed by atoms with Gasteiger partial charge in [0, 0.05) is 24.4 Å². The van der Waals surface area contributed by atoms with Crippen LogP contribution in [0.2, 0.25) is 0 Å². The summed E-state index contributed by atoms with van der Waals surface area (Å²) in [5.41, 5.74) is 2.13. The summed E-state index contributed by atoms with van der Waals surface area (Å²) < 4.78 is 2.40. The Morgan fingerprint density at radius 2 is 2.32 bits per heavy atom. The van der Waals surface area contributed by atoms with Crippen molar-refractivity contribution < 1.29 is 0 Å². The van der Waals surface area contributed by atoms with E-state index in [1.54, 1.807) is 0 Å². The molecule has 2 saturated heterocycles. The zero-order chi connectivity index (χ0) is 14.8. The summed E-state index contributed by atoms with van der Waals surface area (Å²) in [6, 6.07) is 4.10. The van der Waals surface area contributed by atoms with Crippen molar-refractivity contribution in [1.82, 2.24) is 19.9 Å². The fourth-order valence-electron chi connectivity index (χ4n) is 3.65. The monoisotopic (exact) mass is 316 g/mol. The van der Waals surface area contributed by atoms with Crippen molar-refractivity contribution >= 4 is 22.9 Å². The lowest BCUT2D eigenvalue weighted by atomic mass is 10.1. The topological polar surface area (TPSA) is 42.7 Å². The van der Waals surface area contributed by atoms with Gasteiger partial charge < -0.3 is 9.88 Å². The van der Waals surface area contributed by atoms with Crippen LogP contribution in [-0.2, 0) is 13.0 Å². The Balaban J connectivity index is 1.62. The van der Waals surface area contributed by atoms with Gasteiger partial charge in [-0.2, -0.15) is 11.8 Å². The number of fused-ring (bicyclic) bond motifs is 1. The number of hydrogen-bond acceptors (Lipinski definition) is 4. The number of aromatic nitrogens is 3. The van der Waals surface area contributed by atoms with E-state index in [1.165, 1.54) is 37.3 Å². The number of hydrogen-bond donors (Lipinski definition) is 1. The molecule has 0 radical (unpaired) electrons. The molecule has 118 valence electrons. The molecule has 0 saturated carbocycles. The van der Waals surface area contributed by atoms with Crippen LogP contribution in [0.25, 0.3) is 11.2 Å². The number of thioether (sulfide) groups is 1. The Morgan fingerprint density at radius 3 is 3.14 bits per heavy atom. The minimum absolute atomic E-state index is 0.720. The molecule has 1 N–H and O–H groups in total. The van der Waals surface area contributed by atoms with Gasteiger partial charge in [0.25, 0.3) is 0 Å². The highest BCUT2D eigenvalue weighted by molar-refractivity contribution is 7.99. The number of imidazole rings is 1. The Bertz CT molecular complexity index is 627. The lowest BCUT2D eigenvalue weighted by Gasteiger charge is -2.21. The Hall–Kier alpha value is -1.07. The summed E-state index contributed by atoms with van der Waals surface area (Å²) >= 11 is 2.13. The van der Waals surface area contributed by atoms with Gasteiger partial charge in [0.1, 0.15) is 11.3 Å². The lowest BCUT2D eigenvalue weighted by molar-refractivity contribution is 0.472. The van der Waals surface area contributed by atoms with E-state index in [0.717, 1.165) is 48.4 Å². The lowest BCUT2D eigenvalue weighted by Crippen LogP contribution is -2.20. The van der Waals surface area contributed by atoms with Crippen molar-refractivity contribution in [3.8, 4) is 0 Å². The van der Waals surface area contributed by atoms with Gasteiger partial charge in [-0.15, -0.1) is 0 Å². The Labute approximate surface area is 136 Å². The van der Waals surface area contributed by atoms with Crippen LogP contribution >= 0.6 is 11.8 Å². The van der Waals surface area contributed by atoms with Crippen molar-refractivity contribution in [3.63, 3.8) is 0 Å². The predicted octanol–water partition coefficient (Wildman–Crippen LogP) is 2.87. The third-order valence-electron chi connectivity index (χ3n) is 4.87. The second kappa shape index (κ2) is 6.59. The molecule has 0 amide bonds. The van der Waals surface area contributed by atoms with Crippen LogP contribution in [0.3, 0.4) is 0 Å². The maximum atomic E-state index is 4.92. The quantitative estimate of drug-likeness (QED) is 0.942. The first-order chi connectivity index (χ1) is 10.9. The van der Waals surface area contributed by atoms with Crippen molar-refractivity contribution in [2.24, 2.45) is 5.92 Å². The molecule has 4 heterocycles. The van der Waals surface area contributed by atoms with Gasteiger partial charge >= 0.3 is 0 Å². The van der Waals surface area contributed by atoms with Gasteiger partial charge in [-0.3, -0.25) is 0 Å². The molecule has 2 aromatic heterocycles. The van der Waals surface area contributed by atoms with Gasteiger partial charge in [-0.25, -0.2) is 9.97 Å². The molecule has 2 unspecified atom stereocenters. The zero-order valence-corrected chi connectivity index (χ0v) is 13.8. The summed E-state index contributed by atoms with van der Waals surface area (Å²) in [5.74, 6) is 3.28. The first-order valence-electron chi connectivity index (χ1n) is 8.52. The summed E-state index contributed by atoms with van der Waals surface area (Å²) in [6.45, 7) is 3.34. The van der Waals surface area contributed by atoms with E-state index in [9.17, 15) is 0 Å². The van der Waals surface area contributed by atoms with Gasteiger partial charge in [-0.05, 0) is 56.2 Å². The van der Waals surface area contributed by atoms with Crippen molar-refractivity contribution in [2.75, 3.05) is 18.8 Å². The van der Waals surface area contributed by atoms with Gasteiger partial charge in [-0.1, -0.05) is 6.42 Å². The molecular formula is C17H24N4S. The highest BCUT2D eigenvalue weighted by atomic mass is 32.2. The van der Waals surface area contributed by atoms with E-state index in [4.69, 9.17) is 4.98 Å². The minimum atomic E-state index is 0.720. The molecule has 4 rings (SSSR count). The van der Waals surface area contributed by atoms with E-state index in [0.29, 0.717) is 0 Å². The largest absolute Gasteiger partial charge is 0.316 e. The standard InChI is InChI=1S/C17H24N4S/c1-2-9-22-14(4-1)10-16-20-15-5-3-7-19-17(15)21(16)12-13-6-8-18-11-13/h3,5,7,13-14,18H,1-2,4,6,8-12H2. The zero-order valence-electron chi connectivity index (χ0n) is 13.0. The molecule has 2 aliphatic heterocycles. The molecule has 2 aromatic rings. The van der Waals surface area contributed by atoms with Crippen LogP contribution < -0.4 is 5.32 Å². The molecule has 0 aromatic carbocycles. The van der Waals surface area contributed by atoms with Crippen molar-refractivity contribution in [1.29, 1.82) is 0 Å². The van der Waals surface area contributed by atoms with Crippen molar-refractivity contribution in [3.05, 3.63) is 24.2 Å². The van der Waals surface area contributed by atoms with Gasteiger partial charge in [0.05, 0.1) is 0 Å². The molecule has 5 heteroatoms. The fourth-order valence-corrected chi connectivity index (χ4v) is 4.96. The van der Waals surface area contributed by atoms with Crippen LogP contribution in [0.4, 0.5) is 0 Å². The Kier molecular flexibility index (Phi) is 4.35. The molecule has 0 bridgehead atoms. The molecule has 22 heavy (non-hydrogen) atoms. The van der Waals surface area contributed by atoms with E-state index in [1.807, 2.05) is 12.3 Å². The third kappa shape index (κ3) is 3.01. The second-order valence-corrected chi connectivity index (χ2v) is 7.94. The number of rotatable bonds is 4. The van der Waals surface area contributed by atoms with Crippen LogP contribution in [0.15, 0.2) is 18.3 Å². The van der Waals surface area contributed by atoms with Crippen molar-refractivity contribution in [2.45, 2.75) is 43.9 Å². The summed E-state index contributed by atoms with van der Waals surface area (Å²) in [7, 11) is 0. The molecule has 4 nitrogen and oxygen atoms in total. The maximum absolute atomic E-state index is 4.92. The number of pyridine rings is 1. The average Bonchev–Trinajstić information content (AvgIpc) is 3.18. The Morgan fingerprint density at radius 1 is 1.32 bits per heavy atom. The van der Waals surface area contributed by atoms with Crippen LogP contribution in [0, 0.1) is 5.92 Å². The average molecular weight is 316 g/mol. The first-order valence-corrected chi connectivity index (χ1v) is 9.57. The molecule has 2 atom stereocenters. The van der Waals surface area contributed by atoms with E-state index < -0.39 is 0 Å². The maximum Gasteiger partial charge on any atom is 0.159 e. The summed E-state index contributed by atoms with van der Waals surface area (Å²) in [4.78, 5) is 9.53. The van der Waals surface area contributed by atoms with E-state index in [-0.39, 0.29) is 0 Å². The first kappa shape index (κ1) is 14.5. The SMILES string of the molecule is c1cnc2c(c1)nc(CC1CCCCS1)n2CC1CCNC1. The summed E-state index contributed by atoms with van der Waals surface area (Å²) in [6.07, 6.45) is 8.36. The van der Waals surface area contributed by atoms with E-state index in [2.05, 4.69) is 32.7 Å². The number of nitrogens with one attached hydrogen (secondary N) is 1. The normalized spacial score (nSPS) is 25.8. The molecule has 0 aliphatic carbocycles. The van der Waals surface area contributed by atoms with Crippen LogP contribution in [0.1, 0.15) is 31.5 Å². The predicted molar refractivity (Wildman–Crippen MR) is 92.3 cm³/mol. The van der Waals surface area contributed by atoms with Gasteiger partial charge in [0.2, 0.25) is 0 Å². The molecule has 2 fully saturated rings. The van der Waals surface area contributed by atoms with Crippen LogP contribution in [-0.4, -0.2) is 38.6 Å². The molecule has 2 aliphatic rings. The van der Waals surface area contributed by atoms with Crippen LogP contribution in [0.5, 0.6) is 0 Å². The number of nitrogens with zero attached hydrogens (tertiary/aromatic N) is 3. The second-order valence-electron chi connectivity index (χ2n) is 6.54.